The van der Waals surface area contributed by atoms with Crippen molar-refractivity contribution < 1.29 is 14.6 Å². The molecule has 1 N–H and O–H groups in total. The molecule has 1 aliphatic carbocycles. The highest BCUT2D eigenvalue weighted by Crippen LogP contribution is 2.48. The van der Waals surface area contributed by atoms with Gasteiger partial charge in [0.25, 0.3) is 0 Å². The quantitative estimate of drug-likeness (QED) is 0.593. The van der Waals surface area contributed by atoms with Gasteiger partial charge in [-0.2, -0.15) is 0 Å². The smallest absolute Gasteiger partial charge is 0.119 e. The number of hydrogen-bond acceptors (Lipinski definition) is 3. The summed E-state index contributed by atoms with van der Waals surface area (Å²) < 4.78 is 10.7. The highest BCUT2D eigenvalue weighted by Gasteiger charge is 2.27. The molecule has 0 aliphatic heterocycles. The molecule has 3 nitrogen and oxygen atoms in total. The second kappa shape index (κ2) is 5.69. The molecule has 122 valence electrons. The van der Waals surface area contributed by atoms with E-state index in [0.29, 0.717) is 0 Å². The zero-order chi connectivity index (χ0) is 16.8. The molecular weight excluding hydrogens is 324 g/mol. The first-order valence-electron chi connectivity index (χ1n) is 7.77. The molecule has 1 aliphatic rings. The minimum atomic E-state index is -0.0334. The number of benzene rings is 3. The summed E-state index contributed by atoms with van der Waals surface area (Å²) in [5.74, 6) is 1.58. The Morgan fingerprint density at radius 2 is 1.71 bits per heavy atom. The Morgan fingerprint density at radius 3 is 2.42 bits per heavy atom. The lowest BCUT2D eigenvalue weighted by Crippen LogP contribution is -1.97. The van der Waals surface area contributed by atoms with Crippen molar-refractivity contribution in [1.82, 2.24) is 0 Å². The first-order chi connectivity index (χ1) is 11.7. The lowest BCUT2D eigenvalue weighted by atomic mass is 9.94. The SMILES string of the molecule is COc1ccc2c(c1)Cc1c-2c(Cl)c2ccc(OC)cc2c1CO. The van der Waals surface area contributed by atoms with Gasteiger partial charge in [-0.05, 0) is 64.4 Å². The van der Waals surface area contributed by atoms with E-state index in [9.17, 15) is 5.11 Å². The van der Waals surface area contributed by atoms with Crippen LogP contribution in [0, 0.1) is 0 Å². The van der Waals surface area contributed by atoms with E-state index < -0.39 is 0 Å². The average molecular weight is 341 g/mol. The Hall–Kier alpha value is -2.23. The second-order valence-electron chi connectivity index (χ2n) is 5.92. The molecule has 3 aromatic carbocycles. The van der Waals surface area contributed by atoms with Gasteiger partial charge in [-0.25, -0.2) is 0 Å². The molecular formula is C20H17ClO3. The maximum Gasteiger partial charge on any atom is 0.119 e. The van der Waals surface area contributed by atoms with E-state index >= 15 is 0 Å². The molecule has 0 radical (unpaired) electrons. The van der Waals surface area contributed by atoms with Crippen LogP contribution in [0.5, 0.6) is 11.5 Å². The Labute approximate surface area is 145 Å². The summed E-state index contributed by atoms with van der Waals surface area (Å²) in [5, 5.41) is 12.6. The van der Waals surface area contributed by atoms with Crippen LogP contribution >= 0.6 is 11.6 Å². The Kier molecular flexibility index (Phi) is 3.63. The fourth-order valence-corrected chi connectivity index (χ4v) is 3.99. The predicted octanol–water partition coefficient (Wildman–Crippen LogP) is 4.57. The van der Waals surface area contributed by atoms with E-state index in [0.717, 1.165) is 56.0 Å². The number of aliphatic hydroxyl groups is 1. The third-order valence-corrected chi connectivity index (χ3v) is 5.17. The number of rotatable bonds is 3. The van der Waals surface area contributed by atoms with E-state index in [1.54, 1.807) is 14.2 Å². The third kappa shape index (κ3) is 2.09. The van der Waals surface area contributed by atoms with E-state index in [-0.39, 0.29) is 6.61 Å². The number of halogens is 1. The van der Waals surface area contributed by atoms with Crippen LogP contribution < -0.4 is 9.47 Å². The van der Waals surface area contributed by atoms with E-state index in [1.165, 1.54) is 5.56 Å². The summed E-state index contributed by atoms with van der Waals surface area (Å²) in [5.41, 5.74) is 5.31. The summed E-state index contributed by atoms with van der Waals surface area (Å²) >= 11 is 6.76. The van der Waals surface area contributed by atoms with Crippen molar-refractivity contribution in [1.29, 1.82) is 0 Å². The maximum absolute atomic E-state index is 10.0. The number of hydrogen-bond donors (Lipinski definition) is 1. The lowest BCUT2D eigenvalue weighted by Gasteiger charge is -2.15. The summed E-state index contributed by atoms with van der Waals surface area (Å²) in [6, 6.07) is 11.8. The summed E-state index contributed by atoms with van der Waals surface area (Å²) in [6.07, 6.45) is 0.741. The Morgan fingerprint density at radius 1 is 1.00 bits per heavy atom. The monoisotopic (exact) mass is 340 g/mol. The highest BCUT2D eigenvalue weighted by molar-refractivity contribution is 6.39. The molecule has 0 aromatic heterocycles. The molecule has 4 heteroatoms. The van der Waals surface area contributed by atoms with Crippen LogP contribution in [0.25, 0.3) is 21.9 Å². The van der Waals surface area contributed by atoms with Gasteiger partial charge in [-0.1, -0.05) is 17.7 Å². The topological polar surface area (TPSA) is 38.7 Å². The molecule has 24 heavy (non-hydrogen) atoms. The van der Waals surface area contributed by atoms with Gasteiger partial charge in [0.1, 0.15) is 11.5 Å². The van der Waals surface area contributed by atoms with Gasteiger partial charge in [0, 0.05) is 10.9 Å². The van der Waals surface area contributed by atoms with Gasteiger partial charge in [-0.3, -0.25) is 0 Å². The van der Waals surface area contributed by atoms with Gasteiger partial charge < -0.3 is 14.6 Å². The van der Waals surface area contributed by atoms with E-state index in [4.69, 9.17) is 21.1 Å². The molecule has 0 bridgehead atoms. The third-order valence-electron chi connectivity index (χ3n) is 4.78. The standard InChI is InChI=1S/C20H17ClO3/c1-23-12-3-5-14-11(7-12)8-17-18(10-22)16-9-13(24-2)4-6-15(16)20(21)19(14)17/h3-7,9,22H,8,10H2,1-2H3. The Balaban J connectivity index is 2.05. The molecule has 4 rings (SSSR count). The average Bonchev–Trinajstić information content (AvgIpc) is 3.00. The molecule has 0 atom stereocenters. The van der Waals surface area contributed by atoms with Crippen LogP contribution in [0.15, 0.2) is 36.4 Å². The van der Waals surface area contributed by atoms with Gasteiger partial charge in [-0.15, -0.1) is 0 Å². The fraction of sp³-hybridized carbons (Fsp3) is 0.200. The number of aliphatic hydroxyl groups excluding tert-OH is 1. The lowest BCUT2D eigenvalue weighted by molar-refractivity contribution is 0.282. The van der Waals surface area contributed by atoms with Crippen molar-refractivity contribution in [2.75, 3.05) is 14.2 Å². The number of fused-ring (bicyclic) bond motifs is 4. The van der Waals surface area contributed by atoms with Crippen molar-refractivity contribution in [2.45, 2.75) is 13.0 Å². The molecule has 0 heterocycles. The van der Waals surface area contributed by atoms with Gasteiger partial charge >= 0.3 is 0 Å². The van der Waals surface area contributed by atoms with Crippen LogP contribution in [-0.2, 0) is 13.0 Å². The zero-order valence-electron chi connectivity index (χ0n) is 13.5. The van der Waals surface area contributed by atoms with Crippen LogP contribution in [0.4, 0.5) is 0 Å². The number of methoxy groups -OCH3 is 2. The summed E-state index contributed by atoms with van der Waals surface area (Å²) in [6.45, 7) is -0.0334. The maximum atomic E-state index is 10.0. The van der Waals surface area contributed by atoms with E-state index in [1.807, 2.05) is 36.4 Å². The van der Waals surface area contributed by atoms with Gasteiger partial charge in [0.15, 0.2) is 0 Å². The van der Waals surface area contributed by atoms with Crippen LogP contribution in [0.3, 0.4) is 0 Å². The normalized spacial score (nSPS) is 12.2. The van der Waals surface area contributed by atoms with Crippen molar-refractivity contribution >= 4 is 22.4 Å². The first-order valence-corrected chi connectivity index (χ1v) is 8.14. The van der Waals surface area contributed by atoms with Crippen molar-refractivity contribution in [3.05, 3.63) is 58.1 Å². The second-order valence-corrected chi connectivity index (χ2v) is 6.29. The largest absolute Gasteiger partial charge is 0.497 e. The molecule has 0 amide bonds. The van der Waals surface area contributed by atoms with Crippen LogP contribution in [-0.4, -0.2) is 19.3 Å². The minimum absolute atomic E-state index is 0.0334. The molecule has 3 aromatic rings. The fourth-order valence-electron chi connectivity index (χ4n) is 3.61. The molecule has 0 unspecified atom stereocenters. The van der Waals surface area contributed by atoms with Gasteiger partial charge in [0.05, 0.1) is 25.8 Å². The van der Waals surface area contributed by atoms with Crippen molar-refractivity contribution in [3.8, 4) is 22.6 Å². The predicted molar refractivity (Wildman–Crippen MR) is 96.2 cm³/mol. The molecule has 0 saturated carbocycles. The Bertz CT molecular complexity index is 963. The summed E-state index contributed by atoms with van der Waals surface area (Å²) in [4.78, 5) is 0. The molecule has 0 saturated heterocycles. The van der Waals surface area contributed by atoms with E-state index in [2.05, 4.69) is 0 Å². The minimum Gasteiger partial charge on any atom is -0.497 e. The van der Waals surface area contributed by atoms with Crippen LogP contribution in [0.2, 0.25) is 5.02 Å². The zero-order valence-corrected chi connectivity index (χ0v) is 14.3. The van der Waals surface area contributed by atoms with Crippen molar-refractivity contribution in [2.24, 2.45) is 0 Å². The number of ether oxygens (including phenoxy) is 2. The highest BCUT2D eigenvalue weighted by atomic mass is 35.5. The van der Waals surface area contributed by atoms with Crippen molar-refractivity contribution in [3.63, 3.8) is 0 Å². The van der Waals surface area contributed by atoms with Gasteiger partial charge in [0.2, 0.25) is 0 Å². The summed E-state index contributed by atoms with van der Waals surface area (Å²) in [7, 11) is 3.30. The first kappa shape index (κ1) is 15.3. The van der Waals surface area contributed by atoms with Crippen LogP contribution in [0.1, 0.15) is 16.7 Å². The molecule has 0 spiro atoms. The molecule has 0 fully saturated rings.